The maximum Gasteiger partial charge on any atom is 0.236 e. The largest absolute Gasteiger partial charge is 0.310 e. The second-order valence-corrected chi connectivity index (χ2v) is 9.23. The summed E-state index contributed by atoms with van der Waals surface area (Å²) in [6.45, 7) is 2.04. The van der Waals surface area contributed by atoms with Gasteiger partial charge < -0.3 is 5.32 Å². The van der Waals surface area contributed by atoms with Crippen molar-refractivity contribution < 1.29 is 4.79 Å². The van der Waals surface area contributed by atoms with E-state index in [-0.39, 0.29) is 11.7 Å². The molecule has 5 rings (SSSR count). The van der Waals surface area contributed by atoms with Crippen molar-refractivity contribution in [2.75, 3.05) is 11.1 Å². The number of thioether (sulfide) groups is 1. The molecule has 1 aliphatic rings. The zero-order valence-electron chi connectivity index (χ0n) is 18.5. The van der Waals surface area contributed by atoms with Gasteiger partial charge in [0.15, 0.2) is 5.16 Å². The van der Waals surface area contributed by atoms with Gasteiger partial charge in [-0.1, -0.05) is 61.0 Å². The first-order chi connectivity index (χ1) is 16.2. The summed E-state index contributed by atoms with van der Waals surface area (Å²) in [7, 11) is 0. The molecule has 1 saturated carbocycles. The summed E-state index contributed by atoms with van der Waals surface area (Å²) >= 11 is 1.37. The third-order valence-corrected chi connectivity index (χ3v) is 6.94. The number of aromatic nitrogens is 5. The van der Waals surface area contributed by atoms with Gasteiger partial charge in [-0.15, -0.1) is 10.2 Å². The first-order valence-corrected chi connectivity index (χ1v) is 12.2. The topological polar surface area (TPSA) is 77.6 Å². The molecule has 2 heterocycles. The zero-order valence-corrected chi connectivity index (χ0v) is 19.3. The fraction of sp³-hybridized carbons (Fsp3) is 0.280. The number of carbonyl (C=O) groups is 1. The van der Waals surface area contributed by atoms with Gasteiger partial charge in [-0.05, 0) is 43.5 Å². The highest BCUT2D eigenvalue weighted by molar-refractivity contribution is 7.99. The Bertz CT molecular complexity index is 1240. The van der Waals surface area contributed by atoms with Gasteiger partial charge >= 0.3 is 0 Å². The van der Waals surface area contributed by atoms with E-state index in [1.54, 1.807) is 6.33 Å². The number of aryl methyl sites for hydroxylation is 1. The van der Waals surface area contributed by atoms with Crippen molar-refractivity contribution in [1.29, 1.82) is 0 Å². The molecule has 0 unspecified atom stereocenters. The molecular weight excluding hydrogens is 432 g/mol. The Hall–Kier alpha value is -3.39. The Kier molecular flexibility index (Phi) is 6.26. The van der Waals surface area contributed by atoms with Gasteiger partial charge in [0, 0.05) is 12.0 Å². The van der Waals surface area contributed by atoms with Crippen molar-refractivity contribution in [1.82, 2.24) is 24.5 Å². The Morgan fingerprint density at radius 1 is 1.09 bits per heavy atom. The standard InChI is InChI=1S/C25H26N6OS/c1-18-9-5-8-14-22(18)30-17-26-28-25(30)33-16-24(32)27-23-15-21(19-10-6-7-11-19)29-31(23)20-12-3-2-4-13-20/h2-5,8-9,12-15,17,19H,6-7,10-11,16H2,1H3,(H,27,32). The number of benzene rings is 2. The minimum absolute atomic E-state index is 0.102. The zero-order chi connectivity index (χ0) is 22.6. The van der Waals surface area contributed by atoms with Gasteiger partial charge in [0.05, 0.1) is 22.8 Å². The Balaban J connectivity index is 1.32. The molecule has 1 N–H and O–H groups in total. The van der Waals surface area contributed by atoms with Crippen LogP contribution >= 0.6 is 11.8 Å². The highest BCUT2D eigenvalue weighted by Crippen LogP contribution is 2.35. The Labute approximate surface area is 197 Å². The molecule has 8 heteroatoms. The third-order valence-electron chi connectivity index (χ3n) is 5.99. The highest BCUT2D eigenvalue weighted by Gasteiger charge is 2.22. The van der Waals surface area contributed by atoms with E-state index in [0.29, 0.717) is 16.9 Å². The van der Waals surface area contributed by atoms with E-state index in [2.05, 4.69) is 15.5 Å². The Morgan fingerprint density at radius 2 is 1.85 bits per heavy atom. The predicted octanol–water partition coefficient (Wildman–Crippen LogP) is 5.15. The van der Waals surface area contributed by atoms with Gasteiger partial charge in [0.25, 0.3) is 0 Å². The van der Waals surface area contributed by atoms with Crippen molar-refractivity contribution >= 4 is 23.5 Å². The number of anilines is 1. The molecule has 168 valence electrons. The normalized spacial score (nSPS) is 14.0. The second-order valence-electron chi connectivity index (χ2n) is 8.29. The van der Waals surface area contributed by atoms with Crippen molar-refractivity contribution in [3.05, 3.63) is 78.2 Å². The van der Waals surface area contributed by atoms with Crippen LogP contribution in [0.2, 0.25) is 0 Å². The van der Waals surface area contributed by atoms with E-state index in [1.165, 1.54) is 24.6 Å². The summed E-state index contributed by atoms with van der Waals surface area (Å²) in [6, 6.07) is 20.0. The summed E-state index contributed by atoms with van der Waals surface area (Å²) in [6.07, 6.45) is 6.47. The molecule has 2 aromatic heterocycles. The van der Waals surface area contributed by atoms with Crippen molar-refractivity contribution in [2.24, 2.45) is 0 Å². The third kappa shape index (κ3) is 4.71. The first-order valence-electron chi connectivity index (χ1n) is 11.2. The van der Waals surface area contributed by atoms with Gasteiger partial charge in [-0.2, -0.15) is 5.10 Å². The fourth-order valence-electron chi connectivity index (χ4n) is 4.31. The maximum absolute atomic E-state index is 12.9. The van der Waals surface area contributed by atoms with Gasteiger partial charge in [0.2, 0.25) is 5.91 Å². The van der Waals surface area contributed by atoms with E-state index in [9.17, 15) is 4.79 Å². The number of rotatable bonds is 7. The number of amides is 1. The van der Waals surface area contributed by atoms with Crippen LogP contribution in [0.15, 0.2) is 72.1 Å². The number of para-hydroxylation sites is 2. The molecular formula is C25H26N6OS. The van der Waals surface area contributed by atoms with E-state index >= 15 is 0 Å². The molecule has 0 atom stereocenters. The summed E-state index contributed by atoms with van der Waals surface area (Å²) in [5.41, 5.74) is 4.12. The summed E-state index contributed by atoms with van der Waals surface area (Å²) < 4.78 is 3.76. The minimum atomic E-state index is -0.102. The molecule has 0 saturated heterocycles. The van der Waals surface area contributed by atoms with Crippen LogP contribution in [0.4, 0.5) is 5.82 Å². The van der Waals surface area contributed by atoms with Gasteiger partial charge in [-0.25, -0.2) is 4.68 Å². The molecule has 1 aliphatic carbocycles. The lowest BCUT2D eigenvalue weighted by Gasteiger charge is -2.10. The summed E-state index contributed by atoms with van der Waals surface area (Å²) in [5.74, 6) is 1.29. The second kappa shape index (κ2) is 9.62. The van der Waals surface area contributed by atoms with Crippen molar-refractivity contribution in [3.8, 4) is 11.4 Å². The van der Waals surface area contributed by atoms with Crippen LogP contribution in [0.5, 0.6) is 0 Å². The van der Waals surface area contributed by atoms with E-state index in [1.807, 2.05) is 76.8 Å². The van der Waals surface area contributed by atoms with Crippen LogP contribution in [0.25, 0.3) is 11.4 Å². The Morgan fingerprint density at radius 3 is 2.64 bits per heavy atom. The summed E-state index contributed by atoms with van der Waals surface area (Å²) in [5, 5.41) is 16.9. The predicted molar refractivity (Wildman–Crippen MR) is 130 cm³/mol. The van der Waals surface area contributed by atoms with E-state index in [4.69, 9.17) is 5.10 Å². The number of hydrogen-bond acceptors (Lipinski definition) is 5. The van der Waals surface area contributed by atoms with Gasteiger partial charge in [0.1, 0.15) is 12.1 Å². The molecule has 0 aliphatic heterocycles. The summed E-state index contributed by atoms with van der Waals surface area (Å²) in [4.78, 5) is 12.9. The SMILES string of the molecule is Cc1ccccc1-n1cnnc1SCC(=O)Nc1cc(C2CCCC2)nn1-c1ccccc1. The van der Waals surface area contributed by atoms with Crippen LogP contribution in [-0.4, -0.2) is 36.2 Å². The molecule has 33 heavy (non-hydrogen) atoms. The minimum Gasteiger partial charge on any atom is -0.310 e. The number of nitrogens with one attached hydrogen (secondary N) is 1. The fourth-order valence-corrected chi connectivity index (χ4v) is 5.03. The molecule has 0 bridgehead atoms. The maximum atomic E-state index is 12.9. The smallest absolute Gasteiger partial charge is 0.236 e. The monoisotopic (exact) mass is 458 g/mol. The van der Waals surface area contributed by atoms with E-state index < -0.39 is 0 Å². The van der Waals surface area contributed by atoms with Gasteiger partial charge in [-0.3, -0.25) is 9.36 Å². The molecule has 0 radical (unpaired) electrons. The van der Waals surface area contributed by atoms with Crippen LogP contribution < -0.4 is 5.32 Å². The van der Waals surface area contributed by atoms with E-state index in [0.717, 1.165) is 35.5 Å². The molecule has 1 fully saturated rings. The van der Waals surface area contributed by atoms with Crippen molar-refractivity contribution in [2.45, 2.75) is 43.7 Å². The number of carbonyl (C=O) groups excluding carboxylic acids is 1. The van der Waals surface area contributed by atoms with Crippen LogP contribution in [0.3, 0.4) is 0 Å². The molecule has 1 amide bonds. The lowest BCUT2D eigenvalue weighted by molar-refractivity contribution is -0.113. The average Bonchev–Trinajstić information content (AvgIpc) is 3.59. The van der Waals surface area contributed by atoms with Crippen molar-refractivity contribution in [3.63, 3.8) is 0 Å². The van der Waals surface area contributed by atoms with Crippen LogP contribution in [0.1, 0.15) is 42.9 Å². The van der Waals surface area contributed by atoms with Crippen LogP contribution in [0, 0.1) is 6.92 Å². The number of hydrogen-bond donors (Lipinski definition) is 1. The van der Waals surface area contributed by atoms with Crippen LogP contribution in [-0.2, 0) is 4.79 Å². The highest BCUT2D eigenvalue weighted by atomic mass is 32.2. The average molecular weight is 459 g/mol. The molecule has 4 aromatic rings. The molecule has 0 spiro atoms. The molecule has 2 aromatic carbocycles. The first kappa shape index (κ1) is 21.5. The lowest BCUT2D eigenvalue weighted by Crippen LogP contribution is -2.17. The lowest BCUT2D eigenvalue weighted by atomic mass is 10.0. The number of nitrogens with zero attached hydrogens (tertiary/aromatic N) is 5. The quantitative estimate of drug-likeness (QED) is 0.388. The molecule has 7 nitrogen and oxygen atoms in total.